The summed E-state index contributed by atoms with van der Waals surface area (Å²) in [5, 5.41) is 0.648. The molecule has 0 heterocycles. The van der Waals surface area contributed by atoms with Crippen LogP contribution in [0.3, 0.4) is 0 Å². The summed E-state index contributed by atoms with van der Waals surface area (Å²) in [6, 6.07) is 17.2. The van der Waals surface area contributed by atoms with E-state index < -0.39 is 4.75 Å². The smallest absolute Gasteiger partial charge is 0.326 e. The number of carbonyl (C=O) groups excluding carboxylic acids is 1. The zero-order valence-corrected chi connectivity index (χ0v) is 13.6. The van der Waals surface area contributed by atoms with Crippen LogP contribution >= 0.6 is 23.4 Å². The molecule has 2 aromatic carbocycles. The summed E-state index contributed by atoms with van der Waals surface area (Å²) in [4.78, 5) is 13.5. The van der Waals surface area contributed by atoms with Crippen molar-refractivity contribution in [2.24, 2.45) is 0 Å². The number of benzene rings is 2. The lowest BCUT2D eigenvalue weighted by Gasteiger charge is -2.27. The van der Waals surface area contributed by atoms with Gasteiger partial charge in [-0.3, -0.25) is 4.79 Å². The minimum atomic E-state index is -0.804. The molecule has 0 N–H and O–H groups in total. The molecule has 0 amide bonds. The van der Waals surface area contributed by atoms with Crippen LogP contribution < -0.4 is 0 Å². The van der Waals surface area contributed by atoms with Crippen LogP contribution in [-0.4, -0.2) is 12.6 Å². The molecular formula is C17H17ClO2S. The average Bonchev–Trinajstić information content (AvgIpc) is 2.49. The third kappa shape index (κ3) is 3.80. The number of esters is 1. The fraction of sp³-hybridized carbons (Fsp3) is 0.235. The highest BCUT2D eigenvalue weighted by molar-refractivity contribution is 8.01. The molecular weight excluding hydrogens is 304 g/mol. The van der Waals surface area contributed by atoms with Crippen molar-refractivity contribution in [1.82, 2.24) is 0 Å². The Labute approximate surface area is 134 Å². The molecule has 2 aromatic rings. The minimum absolute atomic E-state index is 0.249. The first-order valence-electron chi connectivity index (χ1n) is 6.73. The van der Waals surface area contributed by atoms with Gasteiger partial charge in [-0.15, -0.1) is 11.8 Å². The highest BCUT2D eigenvalue weighted by atomic mass is 35.5. The Balaban J connectivity index is 2.38. The zero-order valence-electron chi connectivity index (χ0n) is 12.0. The molecule has 2 nitrogen and oxygen atoms in total. The first kappa shape index (κ1) is 15.9. The third-order valence-corrected chi connectivity index (χ3v) is 4.70. The SMILES string of the molecule is CCOC(=O)C(C)(Sc1ccccc1)c1ccc(Cl)cc1. The lowest BCUT2D eigenvalue weighted by Crippen LogP contribution is -2.31. The molecule has 0 radical (unpaired) electrons. The number of hydrogen-bond donors (Lipinski definition) is 0. The number of carbonyl (C=O) groups is 1. The highest BCUT2D eigenvalue weighted by Crippen LogP contribution is 2.42. The van der Waals surface area contributed by atoms with Gasteiger partial charge in [0.25, 0.3) is 0 Å². The summed E-state index contributed by atoms with van der Waals surface area (Å²) in [6.45, 7) is 4.05. The van der Waals surface area contributed by atoms with Crippen LogP contribution in [0.2, 0.25) is 5.02 Å². The van der Waals surface area contributed by atoms with Gasteiger partial charge in [-0.2, -0.15) is 0 Å². The molecule has 0 aromatic heterocycles. The van der Waals surface area contributed by atoms with Crippen molar-refractivity contribution in [3.8, 4) is 0 Å². The maximum absolute atomic E-state index is 12.5. The monoisotopic (exact) mass is 320 g/mol. The zero-order chi connectivity index (χ0) is 15.3. The van der Waals surface area contributed by atoms with E-state index in [1.807, 2.05) is 56.3 Å². The van der Waals surface area contributed by atoms with Crippen molar-refractivity contribution >= 4 is 29.3 Å². The molecule has 0 spiro atoms. The second kappa shape index (κ2) is 7.01. The summed E-state index contributed by atoms with van der Waals surface area (Å²) < 4.78 is 4.47. The van der Waals surface area contributed by atoms with E-state index in [4.69, 9.17) is 16.3 Å². The second-order valence-electron chi connectivity index (χ2n) is 4.68. The second-order valence-corrected chi connectivity index (χ2v) is 6.60. The Morgan fingerprint density at radius 1 is 1.14 bits per heavy atom. The van der Waals surface area contributed by atoms with Crippen molar-refractivity contribution in [2.75, 3.05) is 6.61 Å². The first-order chi connectivity index (χ1) is 10.1. The molecule has 4 heteroatoms. The van der Waals surface area contributed by atoms with Crippen LogP contribution in [0.1, 0.15) is 19.4 Å². The molecule has 21 heavy (non-hydrogen) atoms. The molecule has 2 rings (SSSR count). The normalized spacial score (nSPS) is 13.5. The first-order valence-corrected chi connectivity index (χ1v) is 7.93. The van der Waals surface area contributed by atoms with Gasteiger partial charge in [0.1, 0.15) is 4.75 Å². The summed E-state index contributed by atoms with van der Waals surface area (Å²) >= 11 is 7.42. The highest BCUT2D eigenvalue weighted by Gasteiger charge is 2.38. The molecule has 0 saturated heterocycles. The lowest BCUT2D eigenvalue weighted by molar-refractivity contribution is -0.145. The molecule has 0 aliphatic carbocycles. The average molecular weight is 321 g/mol. The molecule has 0 saturated carbocycles. The van der Waals surface area contributed by atoms with Gasteiger partial charge in [0, 0.05) is 9.92 Å². The van der Waals surface area contributed by atoms with E-state index >= 15 is 0 Å². The molecule has 0 fully saturated rings. The van der Waals surface area contributed by atoms with E-state index in [0.29, 0.717) is 11.6 Å². The molecule has 110 valence electrons. The van der Waals surface area contributed by atoms with Crippen molar-refractivity contribution in [1.29, 1.82) is 0 Å². The van der Waals surface area contributed by atoms with E-state index in [-0.39, 0.29) is 5.97 Å². The summed E-state index contributed by atoms with van der Waals surface area (Å²) in [5.74, 6) is -0.249. The Hall–Kier alpha value is -1.45. The van der Waals surface area contributed by atoms with Gasteiger partial charge in [-0.25, -0.2) is 0 Å². The molecule has 0 aliphatic heterocycles. The number of halogens is 1. The fourth-order valence-corrected chi connectivity index (χ4v) is 3.27. The molecule has 0 bridgehead atoms. The quantitative estimate of drug-likeness (QED) is 0.578. The van der Waals surface area contributed by atoms with Crippen molar-refractivity contribution < 1.29 is 9.53 Å². The van der Waals surface area contributed by atoms with E-state index in [1.54, 1.807) is 12.1 Å². The maximum Gasteiger partial charge on any atom is 0.326 e. The Morgan fingerprint density at radius 2 is 1.76 bits per heavy atom. The van der Waals surface area contributed by atoms with E-state index in [2.05, 4.69) is 0 Å². The van der Waals surface area contributed by atoms with E-state index in [1.165, 1.54) is 11.8 Å². The van der Waals surface area contributed by atoms with Crippen molar-refractivity contribution in [3.05, 3.63) is 65.2 Å². The summed E-state index contributed by atoms with van der Waals surface area (Å²) in [7, 11) is 0. The van der Waals surface area contributed by atoms with Gasteiger partial charge in [-0.1, -0.05) is 41.9 Å². The van der Waals surface area contributed by atoms with Gasteiger partial charge in [0.15, 0.2) is 0 Å². The summed E-state index contributed by atoms with van der Waals surface area (Å²) in [5.41, 5.74) is 0.874. The molecule has 1 unspecified atom stereocenters. The maximum atomic E-state index is 12.5. The van der Waals surface area contributed by atoms with Crippen LogP contribution in [0.4, 0.5) is 0 Å². The fourth-order valence-electron chi connectivity index (χ4n) is 1.98. The van der Waals surface area contributed by atoms with Crippen LogP contribution in [-0.2, 0) is 14.3 Å². The summed E-state index contributed by atoms with van der Waals surface area (Å²) in [6.07, 6.45) is 0. The van der Waals surface area contributed by atoms with Gasteiger partial charge in [0.2, 0.25) is 0 Å². The molecule has 1 atom stereocenters. The van der Waals surface area contributed by atoms with Crippen LogP contribution in [0.5, 0.6) is 0 Å². The van der Waals surface area contributed by atoms with Crippen molar-refractivity contribution in [2.45, 2.75) is 23.5 Å². The van der Waals surface area contributed by atoms with Gasteiger partial charge < -0.3 is 4.74 Å². The standard InChI is InChI=1S/C17H17ClO2S/c1-3-20-16(19)17(2,13-9-11-14(18)12-10-13)21-15-7-5-4-6-8-15/h4-12H,3H2,1-2H3. The van der Waals surface area contributed by atoms with Crippen molar-refractivity contribution in [3.63, 3.8) is 0 Å². The minimum Gasteiger partial charge on any atom is -0.465 e. The Kier molecular flexibility index (Phi) is 5.32. The van der Waals surface area contributed by atoms with Crippen LogP contribution in [0.25, 0.3) is 0 Å². The number of hydrogen-bond acceptors (Lipinski definition) is 3. The van der Waals surface area contributed by atoms with Crippen LogP contribution in [0.15, 0.2) is 59.5 Å². The van der Waals surface area contributed by atoms with Gasteiger partial charge in [-0.05, 0) is 43.7 Å². The van der Waals surface area contributed by atoms with Crippen LogP contribution in [0, 0.1) is 0 Å². The predicted molar refractivity (Wildman–Crippen MR) is 87.7 cm³/mol. The number of ether oxygens (including phenoxy) is 1. The number of rotatable bonds is 5. The largest absolute Gasteiger partial charge is 0.465 e. The lowest BCUT2D eigenvalue weighted by atomic mass is 10.0. The van der Waals surface area contributed by atoms with E-state index in [9.17, 15) is 4.79 Å². The molecule has 0 aliphatic rings. The Bertz CT molecular complexity index is 598. The van der Waals surface area contributed by atoms with E-state index in [0.717, 1.165) is 10.5 Å². The predicted octanol–water partition coefficient (Wildman–Crippen LogP) is 4.91. The Morgan fingerprint density at radius 3 is 2.33 bits per heavy atom. The van der Waals surface area contributed by atoms with Gasteiger partial charge >= 0.3 is 5.97 Å². The number of thioether (sulfide) groups is 1. The van der Waals surface area contributed by atoms with Gasteiger partial charge in [0.05, 0.1) is 6.61 Å². The third-order valence-electron chi connectivity index (χ3n) is 3.13. The topological polar surface area (TPSA) is 26.3 Å².